The van der Waals surface area contributed by atoms with E-state index in [1.54, 1.807) is 6.20 Å². The largest absolute Gasteiger partial charge is 0.419 e. The Labute approximate surface area is 226 Å². The first kappa shape index (κ1) is 25.8. The predicted molar refractivity (Wildman–Crippen MR) is 138 cm³/mol. The van der Waals surface area contributed by atoms with Crippen molar-refractivity contribution >= 4 is 22.9 Å². The number of H-pyrrole nitrogens is 1. The Hall–Kier alpha value is -4.51. The van der Waals surface area contributed by atoms with Crippen molar-refractivity contribution < 1.29 is 18.0 Å². The Balaban J connectivity index is 1.09. The summed E-state index contributed by atoms with van der Waals surface area (Å²) in [6.45, 7) is 2.06. The average Bonchev–Trinajstić information content (AvgIpc) is 3.61. The number of amides is 2. The molecule has 2 saturated heterocycles. The lowest BCUT2D eigenvalue weighted by Gasteiger charge is -2.53. The van der Waals surface area contributed by atoms with E-state index in [2.05, 4.69) is 41.3 Å². The number of piperidine rings is 1. The molecule has 0 aliphatic carbocycles. The monoisotopic (exact) mass is 550 g/mol. The molecule has 0 radical (unpaired) electrons. The average molecular weight is 551 g/mol. The second kappa shape index (κ2) is 9.91. The molecule has 6 heterocycles. The van der Waals surface area contributed by atoms with Crippen molar-refractivity contribution in [2.24, 2.45) is 0 Å². The fourth-order valence-corrected chi connectivity index (χ4v) is 5.61. The van der Waals surface area contributed by atoms with E-state index in [-0.39, 0.29) is 6.04 Å². The highest BCUT2D eigenvalue weighted by Gasteiger charge is 2.48. The van der Waals surface area contributed by atoms with Gasteiger partial charge in [0.05, 0.1) is 29.9 Å². The molecule has 2 amide bonds. The first-order valence-corrected chi connectivity index (χ1v) is 12.8. The van der Waals surface area contributed by atoms with Gasteiger partial charge in [-0.1, -0.05) is 0 Å². The molecule has 6 rings (SSSR count). The molecule has 0 aromatic carbocycles. The van der Waals surface area contributed by atoms with Crippen molar-refractivity contribution in [3.05, 3.63) is 54.9 Å². The van der Waals surface area contributed by atoms with E-state index in [1.807, 2.05) is 23.1 Å². The molecule has 2 aliphatic rings. The number of urea groups is 1. The number of rotatable bonds is 5. The Morgan fingerprint density at radius 2 is 2.00 bits per heavy atom. The molecule has 14 heteroatoms. The van der Waals surface area contributed by atoms with E-state index in [1.165, 1.54) is 23.5 Å². The number of likely N-dealkylation sites (tertiary alicyclic amines) is 2. The molecule has 2 fully saturated rings. The summed E-state index contributed by atoms with van der Waals surface area (Å²) in [5.41, 5.74) is 0.883. The van der Waals surface area contributed by atoms with Gasteiger partial charge in [0.15, 0.2) is 0 Å². The Morgan fingerprint density at radius 3 is 2.75 bits per heavy atom. The summed E-state index contributed by atoms with van der Waals surface area (Å²) < 4.78 is 41.6. The van der Waals surface area contributed by atoms with Gasteiger partial charge in [-0.3, -0.25) is 14.9 Å². The highest BCUT2D eigenvalue weighted by atomic mass is 19.4. The number of halogens is 3. The number of anilines is 1. The number of nitrogens with one attached hydrogen (secondary N) is 2. The van der Waals surface area contributed by atoms with Gasteiger partial charge in [0, 0.05) is 61.8 Å². The molecule has 2 aliphatic heterocycles. The third kappa shape index (κ3) is 4.62. The van der Waals surface area contributed by atoms with Gasteiger partial charge >= 0.3 is 12.2 Å². The van der Waals surface area contributed by atoms with Gasteiger partial charge in [-0.2, -0.15) is 23.5 Å². The van der Waals surface area contributed by atoms with E-state index in [0.29, 0.717) is 45.4 Å². The number of pyridine rings is 1. The molecule has 11 nitrogen and oxygen atoms in total. The van der Waals surface area contributed by atoms with Gasteiger partial charge in [0.1, 0.15) is 23.3 Å². The lowest BCUT2D eigenvalue weighted by molar-refractivity contribution is -0.137. The van der Waals surface area contributed by atoms with Crippen LogP contribution in [0.15, 0.2) is 49.3 Å². The molecular weight excluding hydrogens is 525 g/mol. The maximum absolute atomic E-state index is 13.3. The molecule has 0 atom stereocenters. The van der Waals surface area contributed by atoms with Crippen LogP contribution in [0.4, 0.5) is 23.8 Å². The highest BCUT2D eigenvalue weighted by molar-refractivity contribution is 5.90. The molecule has 206 valence electrons. The van der Waals surface area contributed by atoms with Crippen LogP contribution in [0.5, 0.6) is 0 Å². The first-order chi connectivity index (χ1) is 19.3. The van der Waals surface area contributed by atoms with Crippen molar-refractivity contribution in [1.82, 2.24) is 39.5 Å². The van der Waals surface area contributed by atoms with Crippen molar-refractivity contribution in [3.8, 4) is 17.3 Å². The van der Waals surface area contributed by atoms with Gasteiger partial charge in [-0.05, 0) is 31.0 Å². The zero-order valence-corrected chi connectivity index (χ0v) is 21.3. The number of carbonyl (C=O) groups excluding carboxylic acids is 1. The van der Waals surface area contributed by atoms with Crippen LogP contribution in [0, 0.1) is 11.3 Å². The van der Waals surface area contributed by atoms with Crippen LogP contribution in [0.25, 0.3) is 22.3 Å². The molecule has 0 spiro atoms. The van der Waals surface area contributed by atoms with Crippen LogP contribution in [-0.2, 0) is 11.7 Å². The quantitative estimate of drug-likeness (QED) is 0.386. The Bertz CT molecular complexity index is 1580. The van der Waals surface area contributed by atoms with Crippen molar-refractivity contribution in [2.45, 2.75) is 37.0 Å². The van der Waals surface area contributed by atoms with Gasteiger partial charge in [-0.25, -0.2) is 19.7 Å². The molecule has 4 aromatic heterocycles. The molecule has 0 bridgehead atoms. The topological polar surface area (TPSA) is 132 Å². The van der Waals surface area contributed by atoms with Crippen molar-refractivity contribution in [3.63, 3.8) is 0 Å². The second-order valence-corrected chi connectivity index (χ2v) is 10.1. The van der Waals surface area contributed by atoms with Crippen LogP contribution in [0.3, 0.4) is 0 Å². The Kier molecular flexibility index (Phi) is 6.38. The second-order valence-electron chi connectivity index (χ2n) is 10.1. The molecule has 0 saturated carbocycles. The SMILES string of the molecule is N#CCC1(n2cc(-c3ncnc4[nH]ccc34)cn2)CN(C2CCN(C(=O)Nc3ncccc3C(F)(F)F)CC2)C1. The van der Waals surface area contributed by atoms with Crippen LogP contribution in [0.1, 0.15) is 24.8 Å². The fourth-order valence-electron chi connectivity index (χ4n) is 5.61. The normalized spacial score (nSPS) is 17.9. The van der Waals surface area contributed by atoms with E-state index < -0.39 is 29.1 Å². The molecule has 4 aromatic rings. The van der Waals surface area contributed by atoms with Crippen LogP contribution in [-0.4, -0.2) is 77.8 Å². The molecular formula is C26H25F3N10O. The predicted octanol–water partition coefficient (Wildman–Crippen LogP) is 3.86. The van der Waals surface area contributed by atoms with E-state index in [9.17, 15) is 23.2 Å². The van der Waals surface area contributed by atoms with Crippen LogP contribution < -0.4 is 5.32 Å². The van der Waals surface area contributed by atoms with E-state index >= 15 is 0 Å². The van der Waals surface area contributed by atoms with E-state index in [0.717, 1.165) is 28.4 Å². The minimum absolute atomic E-state index is 0.188. The zero-order valence-electron chi connectivity index (χ0n) is 21.3. The summed E-state index contributed by atoms with van der Waals surface area (Å²) in [6.07, 6.45) is 5.20. The molecule has 2 N–H and O–H groups in total. The number of hydrogen-bond donors (Lipinski definition) is 2. The lowest BCUT2D eigenvalue weighted by Crippen LogP contribution is -2.66. The summed E-state index contributed by atoms with van der Waals surface area (Å²) in [5.74, 6) is -0.496. The number of nitrogens with zero attached hydrogens (tertiary/aromatic N) is 8. The van der Waals surface area contributed by atoms with Crippen LogP contribution >= 0.6 is 0 Å². The maximum Gasteiger partial charge on any atom is 0.419 e. The fraction of sp³-hybridized carbons (Fsp3) is 0.385. The van der Waals surface area contributed by atoms with Crippen LogP contribution in [0.2, 0.25) is 0 Å². The number of carbonyl (C=O) groups is 1. The highest BCUT2D eigenvalue weighted by Crippen LogP contribution is 2.37. The minimum atomic E-state index is -4.62. The maximum atomic E-state index is 13.3. The Morgan fingerprint density at radius 1 is 1.20 bits per heavy atom. The van der Waals surface area contributed by atoms with Gasteiger partial charge in [-0.15, -0.1) is 0 Å². The van der Waals surface area contributed by atoms with Gasteiger partial charge in [0.25, 0.3) is 0 Å². The minimum Gasteiger partial charge on any atom is -0.346 e. The number of aromatic amines is 1. The third-order valence-electron chi connectivity index (χ3n) is 7.71. The zero-order chi connectivity index (χ0) is 27.9. The lowest BCUT2D eigenvalue weighted by atomic mass is 9.84. The number of hydrogen-bond acceptors (Lipinski definition) is 7. The number of fused-ring (bicyclic) bond motifs is 1. The molecule has 40 heavy (non-hydrogen) atoms. The summed E-state index contributed by atoms with van der Waals surface area (Å²) >= 11 is 0. The summed E-state index contributed by atoms with van der Waals surface area (Å²) in [5, 5.41) is 17.4. The molecule has 0 unspecified atom stereocenters. The van der Waals surface area contributed by atoms with E-state index in [4.69, 9.17) is 0 Å². The van der Waals surface area contributed by atoms with Gasteiger partial charge in [0.2, 0.25) is 0 Å². The summed E-state index contributed by atoms with van der Waals surface area (Å²) in [6, 6.07) is 5.88. The first-order valence-electron chi connectivity index (χ1n) is 12.8. The smallest absolute Gasteiger partial charge is 0.346 e. The number of alkyl halides is 3. The van der Waals surface area contributed by atoms with Crippen molar-refractivity contribution in [1.29, 1.82) is 5.26 Å². The van der Waals surface area contributed by atoms with Gasteiger partial charge < -0.3 is 9.88 Å². The van der Waals surface area contributed by atoms with Crippen molar-refractivity contribution in [2.75, 3.05) is 31.5 Å². The summed E-state index contributed by atoms with van der Waals surface area (Å²) in [7, 11) is 0. The summed E-state index contributed by atoms with van der Waals surface area (Å²) in [4.78, 5) is 31.9. The number of aromatic nitrogens is 6. The standard InChI is InChI=1S/C26H25F3N10O/c27-26(28,29)20-2-1-8-31-23(20)36-24(40)37-10-4-18(5-11-37)38-14-25(15-38,6-7-30)39-13-17(12-35-39)21-19-3-9-32-22(19)34-16-33-21/h1-3,8-9,12-13,16,18H,4-6,10-11,14-15H2,(H,31,36,40)(H,32,33,34). The number of nitriles is 1. The third-order valence-corrected chi connectivity index (χ3v) is 7.71.